The maximum absolute atomic E-state index is 11.4. The molecule has 0 aliphatic carbocycles. The van der Waals surface area contributed by atoms with Gasteiger partial charge in [0.15, 0.2) is 0 Å². The lowest BCUT2D eigenvalue weighted by Crippen LogP contribution is -2.26. The second-order valence-electron chi connectivity index (χ2n) is 3.29. The minimum atomic E-state index is -0.699. The van der Waals surface area contributed by atoms with Gasteiger partial charge in [0.2, 0.25) is 0 Å². The van der Waals surface area contributed by atoms with Crippen LogP contribution in [0.3, 0.4) is 0 Å². The number of hydrogen-bond donors (Lipinski definition) is 1. The van der Waals surface area contributed by atoms with Gasteiger partial charge in [0.25, 0.3) is 11.8 Å². The average molecular weight is 236 g/mol. The molecule has 2 amide bonds. The Hall–Kier alpha value is -1.95. The van der Waals surface area contributed by atoms with Gasteiger partial charge < -0.3 is 15.6 Å². The first kappa shape index (κ1) is 13.1. The minimum absolute atomic E-state index is 0.0369. The van der Waals surface area contributed by atoms with Crippen molar-refractivity contribution in [2.75, 3.05) is 13.1 Å². The van der Waals surface area contributed by atoms with Crippen molar-refractivity contribution in [3.63, 3.8) is 0 Å². The van der Waals surface area contributed by atoms with Crippen LogP contribution in [-0.2, 0) is 0 Å². The molecule has 0 spiro atoms. The Morgan fingerprint density at radius 3 is 2.59 bits per heavy atom. The smallest absolute Gasteiger partial charge is 0.261 e. The fraction of sp³-hybridized carbons (Fsp3) is 0.364. The summed E-state index contributed by atoms with van der Waals surface area (Å²) in [6.07, 6.45) is 1.28. The van der Waals surface area contributed by atoms with E-state index in [1.54, 1.807) is 13.8 Å². The number of carbonyl (C=O) groups is 2. The standard InChI is InChI=1S/C11H14N3O3/c1-3-12-10(15)8-5-6-9(13-7-8)11(16)14(17)4-2/h5-7H,3-4H2,1-2H3,(H,12,15)/q-1. The first-order valence-corrected chi connectivity index (χ1v) is 5.33. The Kier molecular flexibility index (Phi) is 4.59. The molecule has 1 heterocycles. The molecule has 0 aromatic carbocycles. The van der Waals surface area contributed by atoms with Gasteiger partial charge in [0.05, 0.1) is 5.56 Å². The van der Waals surface area contributed by atoms with E-state index in [2.05, 4.69) is 10.3 Å². The lowest BCUT2D eigenvalue weighted by atomic mass is 10.2. The quantitative estimate of drug-likeness (QED) is 0.783. The van der Waals surface area contributed by atoms with Gasteiger partial charge in [-0.05, 0) is 26.0 Å². The fourth-order valence-electron chi connectivity index (χ4n) is 1.19. The first-order valence-electron chi connectivity index (χ1n) is 5.33. The molecule has 0 aliphatic rings. The Bertz CT molecular complexity index is 403. The summed E-state index contributed by atoms with van der Waals surface area (Å²) in [6.45, 7) is 3.97. The van der Waals surface area contributed by atoms with E-state index in [4.69, 9.17) is 0 Å². The van der Waals surface area contributed by atoms with Crippen molar-refractivity contribution in [1.29, 1.82) is 0 Å². The molecule has 0 fully saturated rings. The van der Waals surface area contributed by atoms with Crippen LogP contribution in [0.4, 0.5) is 0 Å². The van der Waals surface area contributed by atoms with E-state index in [0.29, 0.717) is 17.2 Å². The largest absolute Gasteiger partial charge is 0.756 e. The van der Waals surface area contributed by atoms with Crippen molar-refractivity contribution in [2.24, 2.45) is 0 Å². The summed E-state index contributed by atoms with van der Waals surface area (Å²) in [7, 11) is 0. The van der Waals surface area contributed by atoms with Crippen molar-refractivity contribution in [1.82, 2.24) is 15.4 Å². The van der Waals surface area contributed by atoms with Crippen molar-refractivity contribution < 1.29 is 9.59 Å². The predicted molar refractivity (Wildman–Crippen MR) is 62.3 cm³/mol. The number of aromatic nitrogens is 1. The Balaban J connectivity index is 2.81. The van der Waals surface area contributed by atoms with E-state index >= 15 is 0 Å². The molecule has 1 N–H and O–H groups in total. The van der Waals surface area contributed by atoms with Gasteiger partial charge in [-0.15, -0.1) is 0 Å². The normalized spacial score (nSPS) is 9.82. The van der Waals surface area contributed by atoms with Gasteiger partial charge in [-0.25, -0.2) is 0 Å². The molecule has 0 radical (unpaired) electrons. The maximum Gasteiger partial charge on any atom is 0.261 e. The number of nitrogens with one attached hydrogen (secondary N) is 1. The summed E-state index contributed by atoms with van der Waals surface area (Å²) in [5, 5.41) is 14.0. The van der Waals surface area contributed by atoms with Gasteiger partial charge in [-0.3, -0.25) is 14.6 Å². The molecule has 0 saturated carbocycles. The van der Waals surface area contributed by atoms with Crippen LogP contribution in [-0.4, -0.2) is 35.0 Å². The second kappa shape index (κ2) is 5.95. The number of hydroxylamine groups is 2. The van der Waals surface area contributed by atoms with Crippen LogP contribution < -0.4 is 5.32 Å². The third-order valence-corrected chi connectivity index (χ3v) is 2.10. The summed E-state index contributed by atoms with van der Waals surface area (Å²) < 4.78 is 0. The van der Waals surface area contributed by atoms with Crippen LogP contribution in [0.15, 0.2) is 18.3 Å². The van der Waals surface area contributed by atoms with Gasteiger partial charge in [-0.1, -0.05) is 0 Å². The van der Waals surface area contributed by atoms with Crippen LogP contribution in [0.25, 0.3) is 0 Å². The summed E-state index contributed by atoms with van der Waals surface area (Å²) >= 11 is 0. The van der Waals surface area contributed by atoms with E-state index in [-0.39, 0.29) is 18.1 Å². The molecule has 17 heavy (non-hydrogen) atoms. The highest BCUT2D eigenvalue weighted by Crippen LogP contribution is 2.03. The zero-order chi connectivity index (χ0) is 12.8. The Labute approximate surface area is 99.2 Å². The monoisotopic (exact) mass is 236 g/mol. The van der Waals surface area contributed by atoms with Gasteiger partial charge >= 0.3 is 0 Å². The van der Waals surface area contributed by atoms with Crippen LogP contribution in [0.1, 0.15) is 34.7 Å². The number of rotatable bonds is 4. The topological polar surface area (TPSA) is 85.4 Å². The Morgan fingerprint density at radius 1 is 1.41 bits per heavy atom. The SMILES string of the molecule is CCNC(=O)c1ccc(C(=O)N([O-])CC)nc1. The zero-order valence-corrected chi connectivity index (χ0v) is 9.77. The summed E-state index contributed by atoms with van der Waals surface area (Å²) in [5.41, 5.74) is 0.396. The van der Waals surface area contributed by atoms with E-state index < -0.39 is 5.91 Å². The molecule has 0 bridgehead atoms. The molecule has 0 atom stereocenters. The summed E-state index contributed by atoms with van der Waals surface area (Å²) in [4.78, 5) is 26.6. The number of nitrogens with zero attached hydrogens (tertiary/aromatic N) is 2. The molecular weight excluding hydrogens is 222 g/mol. The molecule has 1 aromatic heterocycles. The highest BCUT2D eigenvalue weighted by atomic mass is 16.5. The second-order valence-corrected chi connectivity index (χ2v) is 3.29. The highest BCUT2D eigenvalue weighted by Gasteiger charge is 2.10. The van der Waals surface area contributed by atoms with Crippen LogP contribution in [0.2, 0.25) is 0 Å². The number of carbonyl (C=O) groups excluding carboxylic acids is 2. The number of pyridine rings is 1. The van der Waals surface area contributed by atoms with E-state index in [1.807, 2.05) is 0 Å². The third kappa shape index (κ3) is 3.25. The molecule has 0 aliphatic heterocycles. The molecule has 0 unspecified atom stereocenters. The molecule has 92 valence electrons. The molecule has 0 saturated heterocycles. The van der Waals surface area contributed by atoms with Gasteiger partial charge in [0, 0.05) is 19.3 Å². The predicted octanol–water partition coefficient (Wildman–Crippen LogP) is 0.791. The summed E-state index contributed by atoms with van der Waals surface area (Å²) in [5.74, 6) is -0.955. The first-order chi connectivity index (χ1) is 8.10. The lowest BCUT2D eigenvalue weighted by Gasteiger charge is -2.25. The number of hydrogen-bond acceptors (Lipinski definition) is 4. The van der Waals surface area contributed by atoms with Crippen LogP contribution in [0.5, 0.6) is 0 Å². The van der Waals surface area contributed by atoms with E-state index in [0.717, 1.165) is 0 Å². The lowest BCUT2D eigenvalue weighted by molar-refractivity contribution is 0.0822. The van der Waals surface area contributed by atoms with E-state index in [1.165, 1.54) is 18.3 Å². The van der Waals surface area contributed by atoms with Crippen molar-refractivity contribution >= 4 is 11.8 Å². The van der Waals surface area contributed by atoms with Crippen molar-refractivity contribution in [3.8, 4) is 0 Å². The van der Waals surface area contributed by atoms with Gasteiger partial charge in [0.1, 0.15) is 5.69 Å². The molecule has 1 aromatic rings. The Morgan fingerprint density at radius 2 is 2.12 bits per heavy atom. The molecule has 6 heteroatoms. The van der Waals surface area contributed by atoms with Crippen LogP contribution >= 0.6 is 0 Å². The average Bonchev–Trinajstić information content (AvgIpc) is 2.37. The maximum atomic E-state index is 11.4. The molecular formula is C11H14N3O3-. The minimum Gasteiger partial charge on any atom is -0.756 e. The van der Waals surface area contributed by atoms with Gasteiger partial charge in [-0.2, -0.15) is 0 Å². The molecule has 6 nitrogen and oxygen atoms in total. The zero-order valence-electron chi connectivity index (χ0n) is 9.77. The van der Waals surface area contributed by atoms with Crippen molar-refractivity contribution in [2.45, 2.75) is 13.8 Å². The highest BCUT2D eigenvalue weighted by molar-refractivity contribution is 5.96. The summed E-state index contributed by atoms with van der Waals surface area (Å²) in [6, 6.07) is 2.84. The van der Waals surface area contributed by atoms with E-state index in [9.17, 15) is 14.8 Å². The molecule has 1 rings (SSSR count). The van der Waals surface area contributed by atoms with Crippen molar-refractivity contribution in [3.05, 3.63) is 34.8 Å². The number of amides is 2. The van der Waals surface area contributed by atoms with Crippen LogP contribution in [0, 0.1) is 5.21 Å². The third-order valence-electron chi connectivity index (χ3n) is 2.10. The fourth-order valence-corrected chi connectivity index (χ4v) is 1.19.